The zero-order valence-electron chi connectivity index (χ0n) is 16.0. The second-order valence-electron chi connectivity index (χ2n) is 8.11. The first-order valence-electron chi connectivity index (χ1n) is 9.37. The van der Waals surface area contributed by atoms with Crippen molar-refractivity contribution >= 4 is 11.7 Å². The summed E-state index contributed by atoms with van der Waals surface area (Å²) in [5.41, 5.74) is 0.894. The van der Waals surface area contributed by atoms with E-state index < -0.39 is 41.2 Å². The van der Waals surface area contributed by atoms with E-state index >= 15 is 0 Å². The smallest absolute Gasteiger partial charge is 0.319 e. The third-order valence-corrected chi connectivity index (χ3v) is 5.34. The molecule has 0 radical (unpaired) electrons. The van der Waals surface area contributed by atoms with E-state index in [1.165, 1.54) is 18.2 Å². The summed E-state index contributed by atoms with van der Waals surface area (Å²) in [6.07, 6.45) is 0.107. The number of urea groups is 1. The number of fused-ring (bicyclic) bond motifs is 2. The van der Waals surface area contributed by atoms with Crippen LogP contribution in [0.1, 0.15) is 43.0 Å². The van der Waals surface area contributed by atoms with Gasteiger partial charge in [0, 0.05) is 30.5 Å². The second-order valence-corrected chi connectivity index (χ2v) is 8.11. The molecule has 0 fully saturated rings. The lowest BCUT2D eigenvalue weighted by Crippen LogP contribution is -2.43. The lowest BCUT2D eigenvalue weighted by molar-refractivity contribution is 0.0619. The van der Waals surface area contributed by atoms with Crippen LogP contribution >= 0.6 is 0 Å². The molecule has 2 aromatic carbocycles. The van der Waals surface area contributed by atoms with Crippen LogP contribution in [0.25, 0.3) is 0 Å². The van der Waals surface area contributed by atoms with Crippen molar-refractivity contribution in [1.82, 2.24) is 5.32 Å². The maximum atomic E-state index is 14.2. The van der Waals surface area contributed by atoms with Gasteiger partial charge < -0.3 is 20.5 Å². The van der Waals surface area contributed by atoms with Crippen molar-refractivity contribution in [2.75, 3.05) is 5.32 Å². The number of carbonyl (C=O) groups excluding carboxylic acids is 1. The average Bonchev–Trinajstić information content (AvgIpc) is 3.03. The van der Waals surface area contributed by atoms with Crippen molar-refractivity contribution < 1.29 is 27.8 Å². The van der Waals surface area contributed by atoms with Crippen molar-refractivity contribution in [3.8, 4) is 5.75 Å². The molecule has 5 nitrogen and oxygen atoms in total. The van der Waals surface area contributed by atoms with Gasteiger partial charge in [-0.3, -0.25) is 0 Å². The van der Waals surface area contributed by atoms with Gasteiger partial charge in [0.2, 0.25) is 5.82 Å². The summed E-state index contributed by atoms with van der Waals surface area (Å²) in [7, 11) is 0. The minimum absolute atomic E-state index is 0.199. The molecule has 29 heavy (non-hydrogen) atoms. The van der Waals surface area contributed by atoms with Gasteiger partial charge >= 0.3 is 6.03 Å². The number of carbonyl (C=O) groups is 1. The fraction of sp³-hybridized carbons (Fsp3) is 0.381. The molecular formula is C21H21F3N2O3. The topological polar surface area (TPSA) is 70.6 Å². The molecular weight excluding hydrogens is 385 g/mol. The number of amides is 2. The normalized spacial score (nSPS) is 21.7. The highest BCUT2D eigenvalue weighted by Crippen LogP contribution is 2.41. The summed E-state index contributed by atoms with van der Waals surface area (Å²) in [5, 5.41) is 15.3. The molecule has 2 atom stereocenters. The largest absolute Gasteiger partial charge is 0.484 e. The third kappa shape index (κ3) is 3.64. The van der Waals surface area contributed by atoms with E-state index in [0.29, 0.717) is 28.8 Å². The van der Waals surface area contributed by atoms with Crippen LogP contribution in [-0.4, -0.2) is 22.8 Å². The molecule has 8 heteroatoms. The first-order valence-corrected chi connectivity index (χ1v) is 9.37. The van der Waals surface area contributed by atoms with E-state index in [1.807, 2.05) is 0 Å². The van der Waals surface area contributed by atoms with Gasteiger partial charge in [-0.2, -0.15) is 4.39 Å². The SMILES string of the molecule is CC1(C)C[C@@H](NC(=O)Nc2ccc(F)c3c2C[C@@H](O)C3)c2ccc(F)c(F)c2O1. The minimum Gasteiger partial charge on any atom is -0.484 e. The number of aliphatic hydroxyl groups excluding tert-OH is 1. The molecule has 1 aliphatic carbocycles. The average molecular weight is 406 g/mol. The zero-order chi connectivity index (χ0) is 20.9. The number of anilines is 1. The predicted molar refractivity (Wildman–Crippen MR) is 100 cm³/mol. The van der Waals surface area contributed by atoms with Crippen LogP contribution in [0.4, 0.5) is 23.7 Å². The molecule has 154 valence electrons. The van der Waals surface area contributed by atoms with Crippen molar-refractivity contribution in [1.29, 1.82) is 0 Å². The van der Waals surface area contributed by atoms with Crippen LogP contribution in [0.2, 0.25) is 0 Å². The lowest BCUT2D eigenvalue weighted by atomic mass is 9.89. The van der Waals surface area contributed by atoms with Crippen LogP contribution < -0.4 is 15.4 Å². The monoisotopic (exact) mass is 406 g/mol. The Labute approximate surface area is 165 Å². The quantitative estimate of drug-likeness (QED) is 0.706. The summed E-state index contributed by atoms with van der Waals surface area (Å²) in [5.74, 6) is -2.74. The van der Waals surface area contributed by atoms with Crippen LogP contribution in [-0.2, 0) is 12.8 Å². The van der Waals surface area contributed by atoms with E-state index in [2.05, 4.69) is 10.6 Å². The Kier molecular flexibility index (Phi) is 4.69. The number of benzene rings is 2. The van der Waals surface area contributed by atoms with Crippen molar-refractivity contribution in [3.63, 3.8) is 0 Å². The van der Waals surface area contributed by atoms with E-state index in [1.54, 1.807) is 13.8 Å². The minimum atomic E-state index is -1.09. The van der Waals surface area contributed by atoms with Gasteiger partial charge in [0.05, 0.1) is 12.1 Å². The lowest BCUT2D eigenvalue weighted by Gasteiger charge is -2.38. The van der Waals surface area contributed by atoms with Gasteiger partial charge in [-0.1, -0.05) is 6.07 Å². The molecule has 1 aliphatic heterocycles. The van der Waals surface area contributed by atoms with Crippen LogP contribution in [0, 0.1) is 17.5 Å². The summed E-state index contributed by atoms with van der Waals surface area (Å²) in [6, 6.07) is 3.90. The molecule has 1 heterocycles. The Morgan fingerprint density at radius 1 is 1.10 bits per heavy atom. The van der Waals surface area contributed by atoms with Gasteiger partial charge in [0.25, 0.3) is 0 Å². The summed E-state index contributed by atoms with van der Waals surface area (Å²) in [6.45, 7) is 3.45. The Hall–Kier alpha value is -2.74. The number of hydrogen-bond donors (Lipinski definition) is 3. The van der Waals surface area contributed by atoms with Crippen molar-refractivity contribution in [2.24, 2.45) is 0 Å². The number of ether oxygens (including phenoxy) is 1. The number of aliphatic hydroxyl groups is 1. The van der Waals surface area contributed by atoms with Crippen molar-refractivity contribution in [3.05, 3.63) is 58.4 Å². The third-order valence-electron chi connectivity index (χ3n) is 5.34. The number of rotatable bonds is 2. The molecule has 3 N–H and O–H groups in total. The predicted octanol–water partition coefficient (Wildman–Crippen LogP) is 3.99. The number of nitrogens with one attached hydrogen (secondary N) is 2. The van der Waals surface area contributed by atoms with Gasteiger partial charge in [-0.05, 0) is 43.2 Å². The van der Waals surface area contributed by atoms with Gasteiger partial charge in [-0.15, -0.1) is 0 Å². The first-order chi connectivity index (χ1) is 13.6. The highest BCUT2D eigenvalue weighted by atomic mass is 19.2. The van der Waals surface area contributed by atoms with E-state index in [-0.39, 0.29) is 18.6 Å². The standard InChI is InChI=1S/C21H21F3N2O3/c1-21(2)9-17(11-3-4-15(23)18(24)19(11)29-21)26-20(28)25-16-6-5-14(22)12-7-10(27)8-13(12)16/h3-6,10,17,27H,7-9H2,1-2H3,(H2,25,26,28)/t10-,17+/m0/s1. The highest BCUT2D eigenvalue weighted by Gasteiger charge is 2.37. The summed E-state index contributed by atoms with van der Waals surface area (Å²) >= 11 is 0. The van der Waals surface area contributed by atoms with Gasteiger partial charge in [0.15, 0.2) is 11.6 Å². The Morgan fingerprint density at radius 2 is 1.79 bits per heavy atom. The van der Waals surface area contributed by atoms with Gasteiger partial charge in [0.1, 0.15) is 11.4 Å². The zero-order valence-corrected chi connectivity index (χ0v) is 16.0. The molecule has 2 amide bonds. The molecule has 0 bridgehead atoms. The van der Waals surface area contributed by atoms with Crippen LogP contribution in [0.15, 0.2) is 24.3 Å². The van der Waals surface area contributed by atoms with Crippen LogP contribution in [0.3, 0.4) is 0 Å². The summed E-state index contributed by atoms with van der Waals surface area (Å²) < 4.78 is 47.4. The molecule has 0 saturated heterocycles. The fourth-order valence-corrected chi connectivity index (χ4v) is 4.07. The highest BCUT2D eigenvalue weighted by molar-refractivity contribution is 5.91. The van der Waals surface area contributed by atoms with E-state index in [9.17, 15) is 23.1 Å². The number of halogens is 3. The molecule has 0 spiro atoms. The Bertz CT molecular complexity index is 994. The first kappa shape index (κ1) is 19.6. The molecule has 2 aromatic rings. The Morgan fingerprint density at radius 3 is 2.55 bits per heavy atom. The van der Waals surface area contributed by atoms with Crippen molar-refractivity contribution in [2.45, 2.75) is 50.9 Å². The van der Waals surface area contributed by atoms with E-state index in [0.717, 1.165) is 6.07 Å². The molecule has 0 unspecified atom stereocenters. The maximum Gasteiger partial charge on any atom is 0.319 e. The molecule has 0 saturated carbocycles. The maximum absolute atomic E-state index is 14.2. The number of hydrogen-bond acceptors (Lipinski definition) is 3. The van der Waals surface area contributed by atoms with Crippen LogP contribution in [0.5, 0.6) is 5.75 Å². The Balaban J connectivity index is 1.57. The summed E-state index contributed by atoms with van der Waals surface area (Å²) in [4.78, 5) is 12.6. The molecule has 0 aromatic heterocycles. The fourth-order valence-electron chi connectivity index (χ4n) is 4.07. The molecule has 2 aliphatic rings. The van der Waals surface area contributed by atoms with E-state index in [4.69, 9.17) is 4.74 Å². The second kappa shape index (κ2) is 6.95. The molecule has 4 rings (SSSR count). The van der Waals surface area contributed by atoms with Gasteiger partial charge in [-0.25, -0.2) is 13.6 Å².